The molecule has 0 aliphatic rings. The Morgan fingerprint density at radius 3 is 0.882 bits per heavy atom. The van der Waals surface area contributed by atoms with Crippen LogP contribution < -0.4 is 0 Å². The molecule has 0 rings (SSSR count). The third-order valence-electron chi connectivity index (χ3n) is 16.4. The Labute approximate surface area is 619 Å². The van der Waals surface area contributed by atoms with Gasteiger partial charge < -0.3 is 33.8 Å². The van der Waals surface area contributed by atoms with E-state index in [1.54, 1.807) is 6.08 Å². The van der Waals surface area contributed by atoms with Gasteiger partial charge in [-0.2, -0.15) is 0 Å². The highest BCUT2D eigenvalue weighted by atomic mass is 31.2. The number of carbonyl (C=O) groups excluding carboxylic acids is 4. The van der Waals surface area contributed by atoms with Crippen LogP contribution in [0.15, 0.2) is 122 Å². The standard InChI is InChI=1S/C83H142O17P2/c1-5-9-13-17-21-25-29-33-37-38-42-44-48-52-56-60-64-68-81(86)94-74-79(100-83(88)70-66-62-58-54-50-46-41-36-32-28-24-20-16-12-8-4)76-98-102(91,92)96-72-77(84)71-95-101(89,90)97-75-78(99-82(87)69-65-61-57-53-49-45-40-35-31-27-23-19-15-11-7-3)73-93-80(85)67-63-59-55-51-47-43-39-34-30-26-22-18-14-10-6-2/h9-10,13-14,21-22,25-26,33-37,39-41,47,51,59,63,77-79,84H,5-8,11-12,15-20,23-24,27-32,38,42-46,48-50,52-58,60-62,64-76H2,1-4H3,(H,89,90)(H,91,92)/b13-9-,14-10-,25-21-,26-22-,37-33-,39-34-,40-35-,41-36-,51-47-,63-59-. The molecule has 5 atom stereocenters. The summed E-state index contributed by atoms with van der Waals surface area (Å²) in [6.07, 6.45) is 82.1. The summed E-state index contributed by atoms with van der Waals surface area (Å²) in [6.45, 7) is 4.52. The van der Waals surface area contributed by atoms with Gasteiger partial charge >= 0.3 is 39.5 Å². The van der Waals surface area contributed by atoms with Gasteiger partial charge in [-0.15, -0.1) is 0 Å². The van der Waals surface area contributed by atoms with Crippen LogP contribution in [0.4, 0.5) is 0 Å². The Balaban J connectivity index is 5.43. The monoisotopic (exact) mass is 1470 g/mol. The molecule has 0 aromatic carbocycles. The molecule has 0 aliphatic carbocycles. The first kappa shape index (κ1) is 97.5. The summed E-state index contributed by atoms with van der Waals surface area (Å²) in [5.74, 6) is -2.34. The van der Waals surface area contributed by atoms with Crippen LogP contribution in [0.25, 0.3) is 0 Å². The van der Waals surface area contributed by atoms with Crippen LogP contribution in [0.5, 0.6) is 0 Å². The molecular weight excluding hydrogens is 1330 g/mol. The van der Waals surface area contributed by atoms with E-state index in [1.165, 1.54) is 77.0 Å². The van der Waals surface area contributed by atoms with Gasteiger partial charge in [0.25, 0.3) is 0 Å². The maximum atomic E-state index is 13.1. The zero-order valence-corrected chi connectivity index (χ0v) is 65.8. The molecule has 0 aromatic heterocycles. The second-order valence-electron chi connectivity index (χ2n) is 26.3. The average molecular weight is 1470 g/mol. The van der Waals surface area contributed by atoms with Crippen molar-refractivity contribution in [3.05, 3.63) is 122 Å². The highest BCUT2D eigenvalue weighted by Gasteiger charge is 2.30. The lowest BCUT2D eigenvalue weighted by molar-refractivity contribution is -0.161. The summed E-state index contributed by atoms with van der Waals surface area (Å²) < 4.78 is 68.5. The van der Waals surface area contributed by atoms with Crippen molar-refractivity contribution in [1.82, 2.24) is 0 Å². The van der Waals surface area contributed by atoms with Crippen molar-refractivity contribution < 1.29 is 80.2 Å². The summed E-state index contributed by atoms with van der Waals surface area (Å²) in [5, 5.41) is 10.6. The lowest BCUT2D eigenvalue weighted by atomic mass is 10.1. The van der Waals surface area contributed by atoms with Crippen LogP contribution in [0, 0.1) is 0 Å². The van der Waals surface area contributed by atoms with E-state index in [4.69, 9.17) is 37.0 Å². The topological polar surface area (TPSA) is 237 Å². The maximum absolute atomic E-state index is 13.1. The number of unbranched alkanes of at least 4 members (excludes halogenated alkanes) is 29. The molecule has 586 valence electrons. The third kappa shape index (κ3) is 73.8. The van der Waals surface area contributed by atoms with Gasteiger partial charge in [-0.25, -0.2) is 9.13 Å². The van der Waals surface area contributed by atoms with Gasteiger partial charge in [0.05, 0.1) is 32.8 Å². The number of phosphoric ester groups is 2. The Morgan fingerprint density at radius 2 is 0.549 bits per heavy atom. The van der Waals surface area contributed by atoms with E-state index in [0.29, 0.717) is 25.7 Å². The third-order valence-corrected chi connectivity index (χ3v) is 18.3. The molecular formula is C83H142O17P2. The molecule has 5 unspecified atom stereocenters. The Morgan fingerprint density at radius 1 is 0.294 bits per heavy atom. The van der Waals surface area contributed by atoms with E-state index in [0.717, 1.165) is 167 Å². The first-order valence-electron chi connectivity index (χ1n) is 39.8. The van der Waals surface area contributed by atoms with Crippen LogP contribution in [0.3, 0.4) is 0 Å². The molecule has 17 nitrogen and oxygen atoms in total. The number of hydrogen-bond acceptors (Lipinski definition) is 15. The molecule has 0 radical (unpaired) electrons. The number of carbonyl (C=O) groups is 4. The largest absolute Gasteiger partial charge is 0.472 e. The zero-order chi connectivity index (χ0) is 74.6. The van der Waals surface area contributed by atoms with Crippen LogP contribution in [-0.2, 0) is 65.4 Å². The zero-order valence-electron chi connectivity index (χ0n) is 64.0. The second-order valence-corrected chi connectivity index (χ2v) is 29.2. The lowest BCUT2D eigenvalue weighted by Crippen LogP contribution is -2.30. The van der Waals surface area contributed by atoms with Gasteiger partial charge in [-0.1, -0.05) is 284 Å². The summed E-state index contributed by atoms with van der Waals surface area (Å²) in [5.41, 5.74) is 0. The molecule has 0 aromatic rings. The van der Waals surface area contributed by atoms with Crippen molar-refractivity contribution in [3.8, 4) is 0 Å². The minimum absolute atomic E-state index is 0.0642. The quantitative estimate of drug-likeness (QED) is 0.0169. The SMILES string of the molecule is CC/C=C\C/C=C\C/C=C\C/C=C\C/C=C\CC(=O)OCC(COP(=O)(O)OCC(O)COP(=O)(O)OCC(COC(=O)CCCCCCCCC/C=C\C/C=C\C/C=C\CC)OC(=O)CCCCCCC/C=C\CCCCCCCC)OC(=O)CCCCCCC/C=C\CCCCCCCC. The van der Waals surface area contributed by atoms with Crippen LogP contribution in [0.1, 0.15) is 323 Å². The van der Waals surface area contributed by atoms with E-state index in [1.807, 2.05) is 18.2 Å². The molecule has 0 fully saturated rings. The minimum Gasteiger partial charge on any atom is -0.462 e. The van der Waals surface area contributed by atoms with Crippen molar-refractivity contribution in [1.29, 1.82) is 0 Å². The van der Waals surface area contributed by atoms with Gasteiger partial charge in [0.15, 0.2) is 12.2 Å². The molecule has 19 heteroatoms. The number of allylic oxidation sites excluding steroid dienone is 19. The van der Waals surface area contributed by atoms with E-state index in [-0.39, 0.29) is 25.7 Å². The number of rotatable bonds is 74. The normalized spacial score (nSPS) is 14.5. The van der Waals surface area contributed by atoms with Crippen molar-refractivity contribution >= 4 is 39.5 Å². The van der Waals surface area contributed by atoms with Gasteiger partial charge in [-0.05, 0) is 135 Å². The number of esters is 4. The molecule has 0 saturated heterocycles. The predicted octanol–water partition coefficient (Wildman–Crippen LogP) is 23.1. The number of aliphatic hydroxyl groups excluding tert-OH is 1. The first-order chi connectivity index (χ1) is 49.7. The molecule has 3 N–H and O–H groups in total. The van der Waals surface area contributed by atoms with Crippen LogP contribution >= 0.6 is 15.6 Å². The fourth-order valence-electron chi connectivity index (χ4n) is 10.4. The molecule has 0 spiro atoms. The summed E-state index contributed by atoms with van der Waals surface area (Å²) in [6, 6.07) is 0. The average Bonchev–Trinajstić information content (AvgIpc) is 0.926. The fraction of sp³-hybridized carbons (Fsp3) is 0.711. The number of ether oxygens (including phenoxy) is 4. The summed E-state index contributed by atoms with van der Waals surface area (Å²) >= 11 is 0. The summed E-state index contributed by atoms with van der Waals surface area (Å²) in [7, 11) is -9.99. The van der Waals surface area contributed by atoms with E-state index < -0.39 is 97.5 Å². The van der Waals surface area contributed by atoms with Crippen molar-refractivity contribution in [2.24, 2.45) is 0 Å². The second kappa shape index (κ2) is 74.7. The number of aliphatic hydroxyl groups is 1. The molecule has 0 bridgehead atoms. The van der Waals surface area contributed by atoms with E-state index in [2.05, 4.69) is 125 Å². The highest BCUT2D eigenvalue weighted by molar-refractivity contribution is 7.47. The van der Waals surface area contributed by atoms with E-state index in [9.17, 15) is 43.2 Å². The molecule has 0 aliphatic heterocycles. The van der Waals surface area contributed by atoms with Crippen LogP contribution in [0.2, 0.25) is 0 Å². The summed E-state index contributed by atoms with van der Waals surface area (Å²) in [4.78, 5) is 72.9. The molecule has 0 heterocycles. The lowest BCUT2D eigenvalue weighted by Gasteiger charge is -2.21. The smallest absolute Gasteiger partial charge is 0.462 e. The van der Waals surface area contributed by atoms with Gasteiger partial charge in [-0.3, -0.25) is 37.3 Å². The molecule has 0 saturated carbocycles. The van der Waals surface area contributed by atoms with Crippen LogP contribution in [-0.4, -0.2) is 96.7 Å². The number of phosphoric acid groups is 2. The predicted molar refractivity (Wildman–Crippen MR) is 418 cm³/mol. The first-order valence-corrected chi connectivity index (χ1v) is 42.8. The van der Waals surface area contributed by atoms with Crippen molar-refractivity contribution in [2.45, 2.75) is 341 Å². The fourth-order valence-corrected chi connectivity index (χ4v) is 12.0. The van der Waals surface area contributed by atoms with Gasteiger partial charge in [0, 0.05) is 19.3 Å². The Bertz CT molecular complexity index is 2410. The molecule has 102 heavy (non-hydrogen) atoms. The number of hydrogen-bond donors (Lipinski definition) is 3. The maximum Gasteiger partial charge on any atom is 0.472 e. The van der Waals surface area contributed by atoms with Crippen molar-refractivity contribution in [2.75, 3.05) is 39.6 Å². The minimum atomic E-state index is -5.00. The van der Waals surface area contributed by atoms with Gasteiger partial charge in [0.1, 0.15) is 19.3 Å². The highest BCUT2D eigenvalue weighted by Crippen LogP contribution is 2.45. The van der Waals surface area contributed by atoms with Gasteiger partial charge in [0.2, 0.25) is 0 Å². The van der Waals surface area contributed by atoms with E-state index >= 15 is 0 Å². The Kier molecular flexibility index (Phi) is 71.4. The van der Waals surface area contributed by atoms with Crippen molar-refractivity contribution in [3.63, 3.8) is 0 Å². The Hall–Kier alpha value is -4.54. The molecule has 0 amide bonds.